The van der Waals surface area contributed by atoms with Crippen LogP contribution < -0.4 is 10.6 Å². The molecule has 3 aromatic heterocycles. The van der Waals surface area contributed by atoms with Crippen molar-refractivity contribution in [3.8, 4) is 19.5 Å². The standard InChI is InChI=1S/C12H6O2P2S3/c13-15-9-10(16-14)12(8-4-2-6-18-8)19-11(9)7-3-1-5-17-7/h1-6H. The van der Waals surface area contributed by atoms with Crippen LogP contribution in [0.25, 0.3) is 19.5 Å². The monoisotopic (exact) mass is 340 g/mol. The number of rotatable bonds is 4. The van der Waals surface area contributed by atoms with Gasteiger partial charge in [0.15, 0.2) is 16.9 Å². The molecule has 0 radical (unpaired) electrons. The molecular weight excluding hydrogens is 334 g/mol. The van der Waals surface area contributed by atoms with Crippen LogP contribution in [0, 0.1) is 0 Å². The summed E-state index contributed by atoms with van der Waals surface area (Å²) in [5.74, 6) is 0. The van der Waals surface area contributed by atoms with E-state index in [2.05, 4.69) is 0 Å². The fraction of sp³-hybridized carbons (Fsp3) is 0. The zero-order valence-corrected chi connectivity index (χ0v) is 13.6. The summed E-state index contributed by atoms with van der Waals surface area (Å²) in [5, 5.41) is 5.26. The Bertz CT molecular complexity index is 654. The van der Waals surface area contributed by atoms with E-state index in [-0.39, 0.29) is 16.9 Å². The molecule has 3 rings (SSSR count). The van der Waals surface area contributed by atoms with Crippen molar-refractivity contribution in [1.29, 1.82) is 0 Å². The SMILES string of the molecule is O=Pc1c(-c2cccs2)sc(-c2cccs2)c1P=O. The molecule has 0 N–H and O–H groups in total. The lowest BCUT2D eigenvalue weighted by molar-refractivity contribution is 0.601. The topological polar surface area (TPSA) is 34.1 Å². The zero-order valence-electron chi connectivity index (χ0n) is 9.40. The number of hydrogen-bond acceptors (Lipinski definition) is 5. The highest BCUT2D eigenvalue weighted by molar-refractivity contribution is 7.47. The average Bonchev–Trinajstić information content (AvgIpc) is 3.16. The summed E-state index contributed by atoms with van der Waals surface area (Å²) in [5.41, 5.74) is 0. The van der Waals surface area contributed by atoms with Crippen LogP contribution in [0.1, 0.15) is 0 Å². The quantitative estimate of drug-likeness (QED) is 0.624. The average molecular weight is 340 g/mol. The first kappa shape index (κ1) is 13.3. The van der Waals surface area contributed by atoms with Gasteiger partial charge in [0.25, 0.3) is 0 Å². The molecule has 7 heteroatoms. The van der Waals surface area contributed by atoms with Crippen LogP contribution in [0.15, 0.2) is 35.0 Å². The molecule has 3 heterocycles. The summed E-state index contributed by atoms with van der Waals surface area (Å²) in [6.07, 6.45) is 0. The van der Waals surface area contributed by atoms with E-state index >= 15 is 0 Å². The minimum atomic E-state index is -0.0799. The predicted molar refractivity (Wildman–Crippen MR) is 85.4 cm³/mol. The van der Waals surface area contributed by atoms with Crippen LogP contribution in [0.2, 0.25) is 0 Å². The van der Waals surface area contributed by atoms with E-state index < -0.39 is 0 Å². The minimum absolute atomic E-state index is 0.0799. The Labute approximate surface area is 125 Å². The molecule has 0 aliphatic heterocycles. The maximum Gasteiger partial charge on any atom is 0.195 e. The Morgan fingerprint density at radius 2 is 1.26 bits per heavy atom. The third-order valence-corrected chi connectivity index (χ3v) is 7.56. The van der Waals surface area contributed by atoms with Gasteiger partial charge in [-0.2, -0.15) is 0 Å². The Hall–Kier alpha value is -0.700. The Balaban J connectivity index is 2.27. The van der Waals surface area contributed by atoms with Gasteiger partial charge in [-0.25, -0.2) is 0 Å². The summed E-state index contributed by atoms with van der Waals surface area (Å²) >= 11 is 4.76. The van der Waals surface area contributed by atoms with E-state index in [9.17, 15) is 9.13 Å². The molecule has 0 fully saturated rings. The first-order chi connectivity index (χ1) is 9.35. The molecule has 0 aliphatic rings. The van der Waals surface area contributed by atoms with Crippen molar-refractivity contribution in [3.05, 3.63) is 35.0 Å². The van der Waals surface area contributed by atoms with Gasteiger partial charge >= 0.3 is 0 Å². The highest BCUT2D eigenvalue weighted by Gasteiger charge is 2.22. The molecule has 2 nitrogen and oxygen atoms in total. The summed E-state index contributed by atoms with van der Waals surface area (Å²) in [4.78, 5) is 4.04. The smallest absolute Gasteiger partial charge is 0.195 e. The molecule has 3 aromatic rings. The van der Waals surface area contributed by atoms with E-state index in [4.69, 9.17) is 0 Å². The normalized spacial score (nSPS) is 11.4. The summed E-state index contributed by atoms with van der Waals surface area (Å²) in [6.45, 7) is 0. The molecule has 0 amide bonds. The second-order valence-corrected chi connectivity index (χ2v) is 7.77. The summed E-state index contributed by atoms with van der Waals surface area (Å²) in [7, 11) is -0.160. The summed E-state index contributed by atoms with van der Waals surface area (Å²) in [6, 6.07) is 7.92. The fourth-order valence-corrected chi connectivity index (χ4v) is 6.40. The molecule has 0 unspecified atom stereocenters. The maximum absolute atomic E-state index is 11.5. The molecule has 0 bridgehead atoms. The van der Waals surface area contributed by atoms with E-state index in [1.807, 2.05) is 35.0 Å². The van der Waals surface area contributed by atoms with Crippen molar-refractivity contribution < 1.29 is 9.13 Å². The second kappa shape index (κ2) is 5.74. The van der Waals surface area contributed by atoms with Crippen LogP contribution >= 0.6 is 50.9 Å². The largest absolute Gasteiger partial charge is 0.269 e. The van der Waals surface area contributed by atoms with Gasteiger partial charge in [-0.05, 0) is 22.9 Å². The fourth-order valence-electron chi connectivity index (χ4n) is 1.73. The minimum Gasteiger partial charge on any atom is -0.269 e. The first-order valence-electron chi connectivity index (χ1n) is 5.26. The lowest BCUT2D eigenvalue weighted by Crippen LogP contribution is -2.10. The third-order valence-electron chi connectivity index (χ3n) is 2.53. The Morgan fingerprint density at radius 1 is 0.789 bits per heavy atom. The molecule has 0 aliphatic carbocycles. The molecule has 19 heavy (non-hydrogen) atoms. The summed E-state index contributed by atoms with van der Waals surface area (Å²) < 4.78 is 22.9. The molecule has 0 aromatic carbocycles. The van der Waals surface area contributed by atoms with Crippen LogP contribution in [0.3, 0.4) is 0 Å². The highest BCUT2D eigenvalue weighted by atomic mass is 32.1. The Kier molecular flexibility index (Phi) is 4.01. The highest BCUT2D eigenvalue weighted by Crippen LogP contribution is 2.38. The van der Waals surface area contributed by atoms with E-state index in [0.29, 0.717) is 10.6 Å². The van der Waals surface area contributed by atoms with Gasteiger partial charge in [-0.1, -0.05) is 12.1 Å². The van der Waals surface area contributed by atoms with Crippen LogP contribution in [0.5, 0.6) is 0 Å². The van der Waals surface area contributed by atoms with Crippen LogP contribution in [-0.4, -0.2) is 0 Å². The van der Waals surface area contributed by atoms with E-state index in [0.717, 1.165) is 19.5 Å². The van der Waals surface area contributed by atoms with Crippen molar-refractivity contribution >= 4 is 61.5 Å². The lowest BCUT2D eigenvalue weighted by atomic mass is 10.3. The van der Waals surface area contributed by atoms with Gasteiger partial charge in [0.05, 0.1) is 20.4 Å². The van der Waals surface area contributed by atoms with Gasteiger partial charge in [0.1, 0.15) is 0 Å². The van der Waals surface area contributed by atoms with Gasteiger partial charge < -0.3 is 0 Å². The van der Waals surface area contributed by atoms with Crippen LogP contribution in [0.4, 0.5) is 0 Å². The number of thiophene rings is 3. The molecule has 0 saturated carbocycles. The molecule has 0 atom stereocenters. The second-order valence-electron chi connectivity index (χ2n) is 3.59. The zero-order chi connectivity index (χ0) is 13.2. The van der Waals surface area contributed by atoms with Crippen molar-refractivity contribution in [2.24, 2.45) is 0 Å². The van der Waals surface area contributed by atoms with Gasteiger partial charge in [-0.15, -0.1) is 34.0 Å². The maximum atomic E-state index is 11.5. The van der Waals surface area contributed by atoms with E-state index in [1.54, 1.807) is 34.0 Å². The van der Waals surface area contributed by atoms with Gasteiger partial charge in [0, 0.05) is 9.75 Å². The van der Waals surface area contributed by atoms with E-state index in [1.165, 1.54) is 0 Å². The molecule has 94 valence electrons. The van der Waals surface area contributed by atoms with Crippen molar-refractivity contribution in [3.63, 3.8) is 0 Å². The molecule has 0 saturated heterocycles. The predicted octanol–water partition coefficient (Wildman–Crippen LogP) is 5.04. The number of hydrogen-bond donors (Lipinski definition) is 0. The van der Waals surface area contributed by atoms with Crippen LogP contribution in [-0.2, 0) is 9.13 Å². The third kappa shape index (κ3) is 2.37. The van der Waals surface area contributed by atoms with Crippen molar-refractivity contribution in [2.45, 2.75) is 0 Å². The molecule has 0 spiro atoms. The first-order valence-corrected chi connectivity index (χ1v) is 9.46. The van der Waals surface area contributed by atoms with Crippen molar-refractivity contribution in [2.75, 3.05) is 0 Å². The van der Waals surface area contributed by atoms with Gasteiger partial charge in [0.2, 0.25) is 0 Å². The van der Waals surface area contributed by atoms with Crippen molar-refractivity contribution in [1.82, 2.24) is 0 Å². The Morgan fingerprint density at radius 3 is 1.58 bits per heavy atom. The molecular formula is C12H6O2P2S3. The van der Waals surface area contributed by atoms with Gasteiger partial charge in [-0.3, -0.25) is 9.13 Å². The lowest BCUT2D eigenvalue weighted by Gasteiger charge is -1.91.